The standard InChI is InChI=1S/C18H24N4OS2/c1-12-8-7-9-15(13(12)2)19-17-20-21-18(25-17)24-14(3)16(23)22-10-5-4-6-11-22/h7-9,14H,4-6,10-11H2,1-3H3,(H,19,20). The second-order valence-electron chi connectivity index (χ2n) is 6.39. The summed E-state index contributed by atoms with van der Waals surface area (Å²) in [5.74, 6) is 0.212. The summed E-state index contributed by atoms with van der Waals surface area (Å²) in [6.45, 7) is 7.92. The number of hydrogen-bond acceptors (Lipinski definition) is 6. The van der Waals surface area contributed by atoms with Crippen molar-refractivity contribution in [2.24, 2.45) is 0 Å². The summed E-state index contributed by atoms with van der Waals surface area (Å²) in [7, 11) is 0. The third kappa shape index (κ3) is 4.52. The molecule has 5 nitrogen and oxygen atoms in total. The number of rotatable bonds is 5. The minimum absolute atomic E-state index is 0.125. The lowest BCUT2D eigenvalue weighted by Crippen LogP contribution is -2.40. The van der Waals surface area contributed by atoms with Crippen LogP contribution in [-0.4, -0.2) is 39.3 Å². The average molecular weight is 377 g/mol. The Balaban J connectivity index is 1.61. The van der Waals surface area contributed by atoms with E-state index in [0.29, 0.717) is 0 Å². The first-order chi connectivity index (χ1) is 12.0. The van der Waals surface area contributed by atoms with Crippen LogP contribution in [0, 0.1) is 13.8 Å². The summed E-state index contributed by atoms with van der Waals surface area (Å²) in [4.78, 5) is 14.5. The van der Waals surface area contributed by atoms with E-state index in [4.69, 9.17) is 0 Å². The summed E-state index contributed by atoms with van der Waals surface area (Å²) < 4.78 is 0.825. The number of amides is 1. The van der Waals surface area contributed by atoms with E-state index < -0.39 is 0 Å². The molecule has 1 amide bonds. The van der Waals surface area contributed by atoms with Crippen LogP contribution in [0.4, 0.5) is 10.8 Å². The molecule has 0 radical (unpaired) electrons. The van der Waals surface area contributed by atoms with Crippen molar-refractivity contribution in [2.75, 3.05) is 18.4 Å². The van der Waals surface area contributed by atoms with Gasteiger partial charge >= 0.3 is 0 Å². The van der Waals surface area contributed by atoms with E-state index in [1.54, 1.807) is 0 Å². The van der Waals surface area contributed by atoms with Gasteiger partial charge in [0.2, 0.25) is 11.0 Å². The molecule has 1 fully saturated rings. The fourth-order valence-corrected chi connectivity index (χ4v) is 4.87. The van der Waals surface area contributed by atoms with Crippen LogP contribution < -0.4 is 5.32 Å². The Morgan fingerprint density at radius 1 is 1.24 bits per heavy atom. The zero-order valence-electron chi connectivity index (χ0n) is 14.9. The summed E-state index contributed by atoms with van der Waals surface area (Å²) in [6, 6.07) is 6.16. The van der Waals surface area contributed by atoms with Crippen molar-refractivity contribution < 1.29 is 4.79 Å². The lowest BCUT2D eigenvalue weighted by molar-refractivity contribution is -0.131. The van der Waals surface area contributed by atoms with Gasteiger partial charge in [0.25, 0.3) is 0 Å². The number of nitrogens with one attached hydrogen (secondary N) is 1. The van der Waals surface area contributed by atoms with Crippen LogP contribution in [0.3, 0.4) is 0 Å². The zero-order chi connectivity index (χ0) is 17.8. The molecule has 0 bridgehead atoms. The van der Waals surface area contributed by atoms with Crippen molar-refractivity contribution in [1.29, 1.82) is 0 Å². The highest BCUT2D eigenvalue weighted by Gasteiger charge is 2.24. The van der Waals surface area contributed by atoms with Crippen molar-refractivity contribution in [1.82, 2.24) is 15.1 Å². The van der Waals surface area contributed by atoms with Gasteiger partial charge in [0, 0.05) is 18.8 Å². The molecule has 7 heteroatoms. The first kappa shape index (κ1) is 18.2. The molecule has 1 aliphatic rings. The summed E-state index contributed by atoms with van der Waals surface area (Å²) >= 11 is 2.99. The molecule has 1 aromatic carbocycles. The van der Waals surface area contributed by atoms with Crippen LogP contribution in [-0.2, 0) is 4.79 Å². The molecular weight excluding hydrogens is 352 g/mol. The Morgan fingerprint density at radius 3 is 2.76 bits per heavy atom. The quantitative estimate of drug-likeness (QED) is 0.784. The molecule has 134 valence electrons. The second kappa shape index (κ2) is 8.19. The largest absolute Gasteiger partial charge is 0.342 e. The Labute approximate surface area is 157 Å². The third-order valence-electron chi connectivity index (χ3n) is 4.55. The molecule has 1 unspecified atom stereocenters. The number of aryl methyl sites for hydroxylation is 1. The van der Waals surface area contributed by atoms with Gasteiger partial charge in [-0.15, -0.1) is 10.2 Å². The van der Waals surface area contributed by atoms with Crippen LogP contribution in [0.2, 0.25) is 0 Å². The minimum Gasteiger partial charge on any atom is -0.342 e. The minimum atomic E-state index is -0.125. The van der Waals surface area contributed by atoms with E-state index in [0.717, 1.165) is 41.1 Å². The maximum Gasteiger partial charge on any atom is 0.235 e. The molecule has 25 heavy (non-hydrogen) atoms. The first-order valence-electron chi connectivity index (χ1n) is 8.67. The van der Waals surface area contributed by atoms with Gasteiger partial charge in [-0.05, 0) is 57.2 Å². The highest BCUT2D eigenvalue weighted by molar-refractivity contribution is 8.02. The van der Waals surface area contributed by atoms with E-state index >= 15 is 0 Å². The van der Waals surface area contributed by atoms with E-state index in [-0.39, 0.29) is 11.2 Å². The van der Waals surface area contributed by atoms with Crippen molar-refractivity contribution in [3.8, 4) is 0 Å². The molecule has 0 saturated carbocycles. The third-order valence-corrected chi connectivity index (χ3v) is 6.56. The Hall–Kier alpha value is -1.60. The Morgan fingerprint density at radius 2 is 2.00 bits per heavy atom. The molecule has 1 atom stereocenters. The predicted molar refractivity (Wildman–Crippen MR) is 105 cm³/mol. The fraction of sp³-hybridized carbons (Fsp3) is 0.500. The van der Waals surface area contributed by atoms with Gasteiger partial charge in [-0.3, -0.25) is 4.79 Å². The summed E-state index contributed by atoms with van der Waals surface area (Å²) in [5, 5.41) is 12.4. The first-order valence-corrected chi connectivity index (χ1v) is 10.4. The number of piperidine rings is 1. The lowest BCUT2D eigenvalue weighted by Gasteiger charge is -2.28. The fourth-order valence-electron chi connectivity index (χ4n) is 2.88. The van der Waals surface area contributed by atoms with Gasteiger partial charge in [-0.1, -0.05) is 35.2 Å². The predicted octanol–water partition coefficient (Wildman–Crippen LogP) is 4.39. The van der Waals surface area contributed by atoms with Gasteiger partial charge in [0.1, 0.15) is 0 Å². The van der Waals surface area contributed by atoms with E-state index in [9.17, 15) is 4.79 Å². The molecule has 2 aromatic rings. The lowest BCUT2D eigenvalue weighted by atomic mass is 10.1. The number of aromatic nitrogens is 2. The van der Waals surface area contributed by atoms with Gasteiger partial charge < -0.3 is 10.2 Å². The number of benzene rings is 1. The number of anilines is 2. The smallest absolute Gasteiger partial charge is 0.235 e. The van der Waals surface area contributed by atoms with Gasteiger partial charge in [-0.2, -0.15) is 0 Å². The van der Waals surface area contributed by atoms with Crippen LogP contribution in [0.25, 0.3) is 0 Å². The molecule has 0 aliphatic carbocycles. The number of nitrogens with zero attached hydrogens (tertiary/aromatic N) is 3. The SMILES string of the molecule is Cc1cccc(Nc2nnc(SC(C)C(=O)N3CCCCC3)s2)c1C. The van der Waals surface area contributed by atoms with Gasteiger partial charge in [0.05, 0.1) is 5.25 Å². The Bertz CT molecular complexity index is 740. The summed E-state index contributed by atoms with van der Waals surface area (Å²) in [5.41, 5.74) is 3.50. The van der Waals surface area contributed by atoms with Gasteiger partial charge in [0.15, 0.2) is 4.34 Å². The molecule has 1 N–H and O–H groups in total. The molecule has 1 saturated heterocycles. The monoisotopic (exact) mass is 376 g/mol. The van der Waals surface area contributed by atoms with Crippen molar-refractivity contribution in [3.05, 3.63) is 29.3 Å². The number of thioether (sulfide) groups is 1. The number of hydrogen-bond donors (Lipinski definition) is 1. The molecule has 0 spiro atoms. The van der Waals surface area contributed by atoms with Crippen LogP contribution in [0.1, 0.15) is 37.3 Å². The molecule has 3 rings (SSSR count). The Kier molecular flexibility index (Phi) is 5.96. The normalized spacial score (nSPS) is 15.9. The zero-order valence-corrected chi connectivity index (χ0v) is 16.5. The topological polar surface area (TPSA) is 58.1 Å². The van der Waals surface area contributed by atoms with Crippen LogP contribution in [0.15, 0.2) is 22.5 Å². The maximum absolute atomic E-state index is 12.5. The van der Waals surface area contributed by atoms with E-state index in [1.165, 1.54) is 40.6 Å². The van der Waals surface area contributed by atoms with Crippen molar-refractivity contribution in [2.45, 2.75) is 49.6 Å². The maximum atomic E-state index is 12.5. The molecule has 1 aliphatic heterocycles. The van der Waals surface area contributed by atoms with E-state index in [1.807, 2.05) is 24.0 Å². The molecular formula is C18H24N4OS2. The van der Waals surface area contributed by atoms with Crippen molar-refractivity contribution in [3.63, 3.8) is 0 Å². The highest BCUT2D eigenvalue weighted by atomic mass is 32.2. The number of likely N-dealkylation sites (tertiary alicyclic amines) is 1. The summed E-state index contributed by atoms with van der Waals surface area (Å²) in [6.07, 6.45) is 3.47. The van der Waals surface area contributed by atoms with Crippen LogP contribution in [0.5, 0.6) is 0 Å². The molecule has 2 heterocycles. The van der Waals surface area contributed by atoms with Gasteiger partial charge in [-0.25, -0.2) is 0 Å². The second-order valence-corrected chi connectivity index (χ2v) is 8.96. The molecule has 1 aromatic heterocycles. The van der Waals surface area contributed by atoms with E-state index in [2.05, 4.69) is 35.4 Å². The van der Waals surface area contributed by atoms with Crippen molar-refractivity contribution >= 4 is 39.8 Å². The number of carbonyl (C=O) groups is 1. The number of carbonyl (C=O) groups excluding carboxylic acids is 1. The highest BCUT2D eigenvalue weighted by Crippen LogP contribution is 2.32. The van der Waals surface area contributed by atoms with Crippen LogP contribution >= 0.6 is 23.1 Å². The average Bonchev–Trinajstić information content (AvgIpc) is 3.06.